The van der Waals surface area contributed by atoms with E-state index in [-0.39, 0.29) is 89.3 Å². The summed E-state index contributed by atoms with van der Waals surface area (Å²) >= 11 is 0. The number of carbonyl (C=O) groups excluding carboxylic acids is 7. The molecular formula is C48H72N16O11. The number of carboxylic acid groups (broad SMARTS) is 1. The smallest absolute Gasteiger partial charge is 0.326 e. The molecule has 7 amide bonds. The average Bonchev–Trinajstić information content (AvgIpc) is 3.76. The Labute approximate surface area is 432 Å². The molecule has 1 aliphatic heterocycles. The summed E-state index contributed by atoms with van der Waals surface area (Å²) in [6.45, 7) is 1.44. The molecule has 0 bridgehead atoms. The highest BCUT2D eigenvalue weighted by atomic mass is 16.4. The highest BCUT2D eigenvalue weighted by Crippen LogP contribution is 2.20. The first-order valence-electron chi connectivity index (χ1n) is 24.6. The topological polar surface area (TPSA) is 459 Å². The molecule has 27 nitrogen and oxygen atoms in total. The Morgan fingerprint density at radius 1 is 0.787 bits per heavy atom. The van der Waals surface area contributed by atoms with Crippen LogP contribution in [0.25, 0.3) is 10.9 Å². The van der Waals surface area contributed by atoms with Crippen LogP contribution in [0.15, 0.2) is 60.8 Å². The van der Waals surface area contributed by atoms with E-state index in [1.54, 1.807) is 54.7 Å². The van der Waals surface area contributed by atoms with Gasteiger partial charge < -0.3 is 80.0 Å². The zero-order valence-corrected chi connectivity index (χ0v) is 41.7. The highest BCUT2D eigenvalue weighted by molar-refractivity contribution is 5.95. The van der Waals surface area contributed by atoms with Crippen LogP contribution in [0.3, 0.4) is 0 Å². The summed E-state index contributed by atoms with van der Waals surface area (Å²) in [6.07, 6.45) is -2.98. The van der Waals surface area contributed by atoms with Crippen LogP contribution < -0.4 is 70.4 Å². The molecule has 3 aromatic rings. The summed E-state index contributed by atoms with van der Waals surface area (Å²) < 4.78 is 0. The molecular weight excluding hydrogens is 977 g/mol. The predicted molar refractivity (Wildman–Crippen MR) is 275 cm³/mol. The number of amides is 7. The van der Waals surface area contributed by atoms with Gasteiger partial charge in [0.2, 0.25) is 41.4 Å². The van der Waals surface area contributed by atoms with Gasteiger partial charge in [-0.05, 0) is 68.6 Å². The van der Waals surface area contributed by atoms with E-state index >= 15 is 0 Å². The van der Waals surface area contributed by atoms with Crippen molar-refractivity contribution < 1.29 is 53.7 Å². The van der Waals surface area contributed by atoms with Gasteiger partial charge in [0.25, 0.3) is 0 Å². The lowest BCUT2D eigenvalue weighted by Crippen LogP contribution is -2.62. The quantitative estimate of drug-likeness (QED) is 0.0236. The predicted octanol–water partition coefficient (Wildman–Crippen LogP) is -3.87. The molecule has 22 N–H and O–H groups in total. The van der Waals surface area contributed by atoms with E-state index in [2.05, 4.69) is 58.2 Å². The second-order valence-corrected chi connectivity index (χ2v) is 18.2. The van der Waals surface area contributed by atoms with Crippen LogP contribution in [-0.2, 0) is 51.2 Å². The molecule has 1 aliphatic rings. The number of guanidine groups is 2. The Morgan fingerprint density at radius 3 is 2.09 bits per heavy atom. The maximum atomic E-state index is 14.6. The van der Waals surface area contributed by atoms with Crippen LogP contribution in [0.5, 0.6) is 0 Å². The number of primary amides is 1. The van der Waals surface area contributed by atoms with Crippen molar-refractivity contribution in [3.8, 4) is 0 Å². The molecule has 0 spiro atoms. The van der Waals surface area contributed by atoms with Gasteiger partial charge in [-0.1, -0.05) is 48.5 Å². The van der Waals surface area contributed by atoms with E-state index in [4.69, 9.17) is 28.0 Å². The molecule has 2 aromatic carbocycles. The third-order valence-electron chi connectivity index (χ3n) is 12.2. The normalized spacial score (nSPS) is 22.7. The maximum Gasteiger partial charge on any atom is 0.326 e. The zero-order valence-electron chi connectivity index (χ0n) is 41.7. The third-order valence-corrected chi connectivity index (χ3v) is 12.2. The summed E-state index contributed by atoms with van der Waals surface area (Å²) in [5.74, 6) is -7.91. The minimum Gasteiger partial charge on any atom is -0.480 e. The second kappa shape index (κ2) is 30.3. The monoisotopic (exact) mass is 1050 g/mol. The Bertz CT molecular complexity index is 2440. The molecule has 410 valence electrons. The number of benzene rings is 2. The van der Waals surface area contributed by atoms with Crippen molar-refractivity contribution in [3.05, 3.63) is 71.9 Å². The van der Waals surface area contributed by atoms with Crippen molar-refractivity contribution in [2.24, 2.45) is 17.2 Å². The SMILES string of the molecule is CC(=O)N[C@@H](CCCNC(=N)N)C(O)N[C@H]1CC(=O)NCCCC[C@@H](C(=O)O)NC(=O)[C@H](Cc2c[nH]c3ccccc23)NC(=O)[C@H](CCCNC(=N)N)NC(=O)[C@@H](Cc2ccccc2)NC(O)[C@H](CC(N)=O)NC1=O. The number of nitrogens with one attached hydrogen (secondary N) is 13. The van der Waals surface area contributed by atoms with Crippen LogP contribution in [0.2, 0.25) is 0 Å². The minimum atomic E-state index is -1.94. The van der Waals surface area contributed by atoms with Gasteiger partial charge >= 0.3 is 5.97 Å². The van der Waals surface area contributed by atoms with Gasteiger partial charge in [0.15, 0.2) is 11.9 Å². The van der Waals surface area contributed by atoms with E-state index in [0.717, 1.165) is 10.9 Å². The number of carboxylic acids is 1. The molecule has 2 heterocycles. The number of aliphatic carboxylic acids is 1. The standard InChI is InChI=1S/C48H72N16O11/c1-26(65)58-31(16-9-19-55-47(50)51)40(68)64-37-24-39(67)54-18-8-7-15-33(46(74)75)60-43(71)35(22-28-25-57-30-14-6-5-13-29(28)30)62-41(69)32(17-10-20-56-48(52)53)59-42(70)34(21-27-11-3-2-4-12-27)61-44(72)36(23-38(49)66)63-45(37)73/h2-6,11-14,25,31-37,40,44,57,61,64,68,72H,7-10,15-24H2,1H3,(H2,49,66)(H,54,67)(H,58,65)(H,59,70)(H,60,71)(H,62,69)(H,63,73)(H,74,75)(H4,50,51,55)(H4,52,53,56)/t31-,32-,33-,34+,35-,36-,37-,40?,44?/m0/s1. The first-order valence-corrected chi connectivity index (χ1v) is 24.6. The van der Waals surface area contributed by atoms with Crippen molar-refractivity contribution in [1.29, 1.82) is 10.8 Å². The van der Waals surface area contributed by atoms with Crippen LogP contribution in [0, 0.1) is 10.8 Å². The van der Waals surface area contributed by atoms with Crippen LogP contribution in [0.4, 0.5) is 0 Å². The molecule has 9 atom stereocenters. The molecule has 0 radical (unpaired) electrons. The Hall–Kier alpha value is -7.88. The summed E-state index contributed by atoms with van der Waals surface area (Å²) in [5, 5.41) is 75.6. The first kappa shape index (κ1) is 59.7. The van der Waals surface area contributed by atoms with E-state index in [0.29, 0.717) is 11.1 Å². The molecule has 1 saturated heterocycles. The van der Waals surface area contributed by atoms with Gasteiger partial charge in [-0.25, -0.2) is 4.79 Å². The molecule has 1 fully saturated rings. The fourth-order valence-electron chi connectivity index (χ4n) is 8.37. The van der Waals surface area contributed by atoms with Gasteiger partial charge in [-0.2, -0.15) is 0 Å². The Kier molecular flexibility index (Phi) is 24.1. The van der Waals surface area contributed by atoms with Crippen LogP contribution >= 0.6 is 0 Å². The molecule has 1 aromatic heterocycles. The summed E-state index contributed by atoms with van der Waals surface area (Å²) in [4.78, 5) is 112. The lowest BCUT2D eigenvalue weighted by molar-refractivity contribution is -0.142. The van der Waals surface area contributed by atoms with E-state index < -0.39 is 115 Å². The number of aromatic amines is 1. The van der Waals surface area contributed by atoms with E-state index in [9.17, 15) is 53.7 Å². The number of H-pyrrole nitrogens is 1. The summed E-state index contributed by atoms with van der Waals surface area (Å²) in [7, 11) is 0. The first-order chi connectivity index (χ1) is 35.7. The van der Waals surface area contributed by atoms with Crippen molar-refractivity contribution in [2.75, 3.05) is 19.6 Å². The number of aliphatic hydroxyl groups excluding tert-OH is 2. The lowest BCUT2D eigenvalue weighted by Gasteiger charge is -2.32. The van der Waals surface area contributed by atoms with Gasteiger partial charge in [-0.3, -0.25) is 55.0 Å². The molecule has 2 unspecified atom stereocenters. The number of aromatic nitrogens is 1. The minimum absolute atomic E-state index is 0.0347. The van der Waals surface area contributed by atoms with E-state index in [1.807, 2.05) is 6.07 Å². The fourth-order valence-corrected chi connectivity index (χ4v) is 8.37. The number of rotatable bonds is 19. The number of hydrogen-bond acceptors (Lipinski definition) is 14. The number of fused-ring (bicyclic) bond motifs is 1. The second-order valence-electron chi connectivity index (χ2n) is 18.2. The van der Waals surface area contributed by atoms with Gasteiger partial charge in [0.05, 0.1) is 37.0 Å². The number of hydrogen-bond donors (Lipinski definition) is 19. The third kappa shape index (κ3) is 20.9. The number of para-hydroxylation sites is 1. The van der Waals surface area contributed by atoms with Crippen molar-refractivity contribution >= 4 is 70.1 Å². The number of carbonyl (C=O) groups is 8. The Balaban J connectivity index is 1.76. The Morgan fingerprint density at radius 2 is 1.43 bits per heavy atom. The molecule has 0 aliphatic carbocycles. The lowest BCUT2D eigenvalue weighted by atomic mass is 10.0. The number of nitrogens with two attached hydrogens (primary N) is 3. The summed E-state index contributed by atoms with van der Waals surface area (Å²) in [5.41, 5.74) is 18.4. The summed E-state index contributed by atoms with van der Waals surface area (Å²) in [6, 6.07) is 5.73. The number of aliphatic hydroxyl groups is 2. The molecule has 4 rings (SSSR count). The van der Waals surface area contributed by atoms with Gasteiger partial charge in [0, 0.05) is 50.1 Å². The molecule has 75 heavy (non-hydrogen) atoms. The van der Waals surface area contributed by atoms with Gasteiger partial charge in [0.1, 0.15) is 30.6 Å². The van der Waals surface area contributed by atoms with Crippen molar-refractivity contribution in [2.45, 2.75) is 132 Å². The highest BCUT2D eigenvalue weighted by Gasteiger charge is 2.36. The molecule has 27 heteroatoms. The van der Waals surface area contributed by atoms with Gasteiger partial charge in [-0.15, -0.1) is 0 Å². The van der Waals surface area contributed by atoms with Crippen LogP contribution in [-0.4, -0.2) is 154 Å². The largest absolute Gasteiger partial charge is 0.480 e. The van der Waals surface area contributed by atoms with Crippen LogP contribution in [0.1, 0.15) is 75.8 Å². The average molecular weight is 1050 g/mol. The fraction of sp³-hybridized carbons (Fsp3) is 0.500. The zero-order chi connectivity index (χ0) is 55.0. The molecule has 0 saturated carbocycles. The van der Waals surface area contributed by atoms with Crippen molar-refractivity contribution in [3.63, 3.8) is 0 Å². The maximum absolute atomic E-state index is 14.6. The van der Waals surface area contributed by atoms with Crippen molar-refractivity contribution in [1.82, 2.24) is 58.2 Å². The van der Waals surface area contributed by atoms with E-state index in [1.165, 1.54) is 6.92 Å².